The average Bonchev–Trinajstić information content (AvgIpc) is 2.72. The predicted octanol–water partition coefficient (Wildman–Crippen LogP) is 2.19. The lowest BCUT2D eigenvalue weighted by Crippen LogP contribution is -2.05. The summed E-state index contributed by atoms with van der Waals surface area (Å²) in [6.07, 6.45) is 0.784. The van der Waals surface area contributed by atoms with Crippen LogP contribution in [0.1, 0.15) is 42.1 Å². The van der Waals surface area contributed by atoms with Gasteiger partial charge < -0.3 is 9.84 Å². The van der Waals surface area contributed by atoms with E-state index in [0.29, 0.717) is 18.6 Å². The molecule has 102 valence electrons. The number of hydrogen-bond acceptors (Lipinski definition) is 4. The topological polar surface area (TPSA) is 80.7 Å². The molecule has 0 aromatic heterocycles. The number of rotatable bonds is 4. The number of ketones is 1. The van der Waals surface area contributed by atoms with Gasteiger partial charge in [-0.15, -0.1) is 0 Å². The van der Waals surface area contributed by atoms with Crippen LogP contribution < -0.4 is 0 Å². The zero-order valence-electron chi connectivity index (χ0n) is 10.7. The van der Waals surface area contributed by atoms with Crippen molar-refractivity contribution < 1.29 is 24.2 Å². The van der Waals surface area contributed by atoms with Crippen molar-refractivity contribution in [2.75, 3.05) is 0 Å². The highest BCUT2D eigenvalue weighted by atomic mass is 16.5. The van der Waals surface area contributed by atoms with Crippen molar-refractivity contribution in [1.82, 2.24) is 0 Å². The van der Waals surface area contributed by atoms with Crippen molar-refractivity contribution in [2.45, 2.75) is 32.8 Å². The number of carbonyl (C=O) groups excluding carboxylic acids is 2. The van der Waals surface area contributed by atoms with E-state index < -0.39 is 5.97 Å². The van der Waals surface area contributed by atoms with Gasteiger partial charge in [-0.25, -0.2) is 4.79 Å². The summed E-state index contributed by atoms with van der Waals surface area (Å²) < 4.78 is 4.78. The second-order valence-electron chi connectivity index (χ2n) is 4.09. The third-order valence-corrected chi connectivity index (χ3v) is 2.47. The van der Waals surface area contributed by atoms with E-state index in [1.54, 1.807) is 6.07 Å². The molecule has 0 fully saturated rings. The molecule has 0 spiro atoms. The van der Waals surface area contributed by atoms with Gasteiger partial charge in [-0.3, -0.25) is 9.59 Å². The number of Topliss-reactive ketones (excluding diaryl/α,β-unsaturated/α-hetero) is 1. The molecule has 1 heterocycles. The third-order valence-electron chi connectivity index (χ3n) is 2.47. The van der Waals surface area contributed by atoms with Gasteiger partial charge in [-0.05, 0) is 12.5 Å². The van der Waals surface area contributed by atoms with E-state index in [1.807, 2.05) is 25.1 Å². The van der Waals surface area contributed by atoms with E-state index in [1.165, 1.54) is 0 Å². The summed E-state index contributed by atoms with van der Waals surface area (Å²) in [5.41, 5.74) is 1.70. The fraction of sp³-hybridized carbons (Fsp3) is 0.357. The summed E-state index contributed by atoms with van der Waals surface area (Å²) in [6.45, 7) is 2.29. The van der Waals surface area contributed by atoms with Crippen LogP contribution >= 0.6 is 0 Å². The Labute approximate surface area is 111 Å². The lowest BCUT2D eigenvalue weighted by Gasteiger charge is -1.90. The molecule has 1 aliphatic heterocycles. The van der Waals surface area contributed by atoms with Gasteiger partial charge in [0.25, 0.3) is 0 Å². The minimum Gasteiger partial charge on any atom is -0.481 e. The molecule has 5 heteroatoms. The highest BCUT2D eigenvalue weighted by Gasteiger charge is 2.18. The Balaban J connectivity index is 0.000000192. The first-order valence-electron chi connectivity index (χ1n) is 6.03. The minimum atomic E-state index is -1.03. The summed E-state index contributed by atoms with van der Waals surface area (Å²) in [5.74, 6) is -1.42. The van der Waals surface area contributed by atoms with Crippen LogP contribution in [0.3, 0.4) is 0 Å². The van der Waals surface area contributed by atoms with Crippen molar-refractivity contribution in [1.29, 1.82) is 0 Å². The monoisotopic (exact) mass is 264 g/mol. The molecule has 0 unspecified atom stereocenters. The van der Waals surface area contributed by atoms with Gasteiger partial charge in [-0.2, -0.15) is 0 Å². The zero-order chi connectivity index (χ0) is 14.3. The highest BCUT2D eigenvalue weighted by Crippen LogP contribution is 2.18. The van der Waals surface area contributed by atoms with Crippen LogP contribution in [0.2, 0.25) is 0 Å². The molecule has 5 nitrogen and oxygen atoms in total. The number of esters is 1. The first kappa shape index (κ1) is 14.9. The number of carboxylic acids is 1. The fourth-order valence-corrected chi connectivity index (χ4v) is 1.60. The van der Waals surface area contributed by atoms with Crippen LogP contribution in [-0.4, -0.2) is 22.8 Å². The first-order valence-corrected chi connectivity index (χ1v) is 6.03. The summed E-state index contributed by atoms with van der Waals surface area (Å²) in [6, 6.07) is 7.43. The quantitative estimate of drug-likeness (QED) is 0.666. The fourth-order valence-electron chi connectivity index (χ4n) is 1.60. The highest BCUT2D eigenvalue weighted by molar-refractivity contribution is 5.94. The Morgan fingerprint density at radius 1 is 1.32 bits per heavy atom. The maximum absolute atomic E-state index is 10.8. The van der Waals surface area contributed by atoms with Crippen LogP contribution in [0.15, 0.2) is 24.3 Å². The molecular formula is C14H16O5. The van der Waals surface area contributed by atoms with Crippen LogP contribution in [-0.2, 0) is 20.9 Å². The summed E-state index contributed by atoms with van der Waals surface area (Å²) in [5, 5.41) is 8.09. The average molecular weight is 264 g/mol. The second-order valence-corrected chi connectivity index (χ2v) is 4.09. The van der Waals surface area contributed by atoms with Crippen molar-refractivity contribution in [3.63, 3.8) is 0 Å². The number of cyclic esters (lactones) is 1. The molecule has 1 aromatic rings. The molecule has 0 saturated heterocycles. The lowest BCUT2D eigenvalue weighted by molar-refractivity contribution is -0.140. The van der Waals surface area contributed by atoms with Crippen molar-refractivity contribution in [3.8, 4) is 0 Å². The molecule has 0 atom stereocenters. The largest absolute Gasteiger partial charge is 0.481 e. The van der Waals surface area contributed by atoms with Gasteiger partial charge in [0, 0.05) is 12.0 Å². The molecule has 19 heavy (non-hydrogen) atoms. The zero-order valence-corrected chi connectivity index (χ0v) is 10.7. The number of fused-ring (bicyclic) bond motifs is 1. The van der Waals surface area contributed by atoms with Gasteiger partial charge in [-0.1, -0.05) is 25.1 Å². The number of ether oxygens (including phenoxy) is 1. The number of aliphatic carboxylic acids is 1. The molecule has 0 bridgehead atoms. The van der Waals surface area contributed by atoms with Gasteiger partial charge >= 0.3 is 11.9 Å². The Hall–Kier alpha value is -2.17. The molecule has 0 saturated carbocycles. The van der Waals surface area contributed by atoms with Gasteiger partial charge in [0.1, 0.15) is 18.8 Å². The minimum absolute atomic E-state index is 0.190. The maximum Gasteiger partial charge on any atom is 0.338 e. The molecule has 1 aromatic carbocycles. The standard InChI is InChI=1S/C8H6O2.C6H10O3/c9-8-7-4-2-1-3-6(7)5-10-8;1-2-3-5(7)4-6(8)9/h1-4H,5H2;2-4H2,1H3,(H,8,9). The molecule has 0 radical (unpaired) electrons. The summed E-state index contributed by atoms with van der Waals surface area (Å²) in [4.78, 5) is 31.2. The number of benzene rings is 1. The lowest BCUT2D eigenvalue weighted by atomic mass is 10.1. The number of carbonyl (C=O) groups is 3. The normalized spacial score (nSPS) is 11.9. The van der Waals surface area contributed by atoms with Gasteiger partial charge in [0.05, 0.1) is 5.56 Å². The van der Waals surface area contributed by atoms with Crippen LogP contribution in [0.4, 0.5) is 0 Å². The predicted molar refractivity (Wildman–Crippen MR) is 67.7 cm³/mol. The molecule has 1 N–H and O–H groups in total. The third kappa shape index (κ3) is 4.91. The van der Waals surface area contributed by atoms with E-state index in [4.69, 9.17) is 9.84 Å². The number of carboxylic acid groups (broad SMARTS) is 1. The summed E-state index contributed by atoms with van der Waals surface area (Å²) >= 11 is 0. The van der Waals surface area contributed by atoms with Crippen molar-refractivity contribution in [2.24, 2.45) is 0 Å². The summed E-state index contributed by atoms with van der Waals surface area (Å²) in [7, 11) is 0. The van der Waals surface area contributed by atoms with E-state index >= 15 is 0 Å². The van der Waals surface area contributed by atoms with Gasteiger partial charge in [0.2, 0.25) is 0 Å². The Kier molecular flexibility index (Phi) is 5.73. The van der Waals surface area contributed by atoms with E-state index in [9.17, 15) is 14.4 Å². The maximum atomic E-state index is 10.8. The van der Waals surface area contributed by atoms with Crippen LogP contribution in [0.5, 0.6) is 0 Å². The van der Waals surface area contributed by atoms with E-state index in [2.05, 4.69) is 0 Å². The van der Waals surface area contributed by atoms with E-state index in [0.717, 1.165) is 12.0 Å². The molecule has 0 amide bonds. The van der Waals surface area contributed by atoms with Crippen LogP contribution in [0, 0.1) is 0 Å². The molecule has 1 aliphatic rings. The molecule has 0 aliphatic carbocycles. The Morgan fingerprint density at radius 3 is 2.58 bits per heavy atom. The van der Waals surface area contributed by atoms with Crippen molar-refractivity contribution >= 4 is 17.7 Å². The Morgan fingerprint density at radius 2 is 2.00 bits per heavy atom. The molecule has 2 rings (SSSR count). The smallest absolute Gasteiger partial charge is 0.338 e. The first-order chi connectivity index (χ1) is 9.04. The molecular weight excluding hydrogens is 248 g/mol. The van der Waals surface area contributed by atoms with Crippen LogP contribution in [0.25, 0.3) is 0 Å². The van der Waals surface area contributed by atoms with Gasteiger partial charge in [0.15, 0.2) is 0 Å². The number of hydrogen-bond donors (Lipinski definition) is 1. The Bertz CT molecular complexity index is 478. The second kappa shape index (κ2) is 7.31. The van der Waals surface area contributed by atoms with E-state index in [-0.39, 0.29) is 18.2 Å². The van der Waals surface area contributed by atoms with Crippen molar-refractivity contribution in [3.05, 3.63) is 35.4 Å². The SMILES string of the molecule is CCCC(=O)CC(=O)O.O=C1OCc2ccccc21.